The number of phenols is 1. The van der Waals surface area contributed by atoms with E-state index in [1.807, 2.05) is 12.1 Å². The summed E-state index contributed by atoms with van der Waals surface area (Å²) in [4.78, 5) is 0. The van der Waals surface area contributed by atoms with Crippen LogP contribution in [0.2, 0.25) is 0 Å². The molecule has 2 unspecified atom stereocenters. The monoisotopic (exact) mass is 235 g/mol. The van der Waals surface area contributed by atoms with E-state index in [2.05, 4.69) is 33.0 Å². The second kappa shape index (κ2) is 6.65. The molecule has 1 rings (SSSR count). The highest BCUT2D eigenvalue weighted by Crippen LogP contribution is 2.20. The molecule has 17 heavy (non-hydrogen) atoms. The van der Waals surface area contributed by atoms with Crippen LogP contribution in [-0.2, 0) is 0 Å². The summed E-state index contributed by atoms with van der Waals surface area (Å²) >= 11 is 0. The normalized spacial score (nSPS) is 14.9. The van der Waals surface area contributed by atoms with Gasteiger partial charge >= 0.3 is 0 Å². The molecule has 0 aliphatic heterocycles. The highest BCUT2D eigenvalue weighted by molar-refractivity contribution is 5.27. The Hall–Kier alpha value is -1.02. The number of benzene rings is 1. The Labute approximate surface area is 105 Å². The quantitative estimate of drug-likeness (QED) is 0.784. The number of hydrogen-bond acceptors (Lipinski definition) is 2. The zero-order valence-corrected chi connectivity index (χ0v) is 11.4. The molecule has 2 N–H and O–H groups in total. The molecule has 0 aliphatic rings. The van der Waals surface area contributed by atoms with Crippen LogP contribution in [0.5, 0.6) is 5.75 Å². The second-order valence-electron chi connectivity index (χ2n) is 4.85. The lowest BCUT2D eigenvalue weighted by atomic mass is 9.94. The summed E-state index contributed by atoms with van der Waals surface area (Å²) in [6.45, 7) is 8.93. The lowest BCUT2D eigenvalue weighted by Crippen LogP contribution is -2.34. The van der Waals surface area contributed by atoms with E-state index in [0.717, 1.165) is 5.92 Å². The van der Waals surface area contributed by atoms with E-state index < -0.39 is 0 Å². The van der Waals surface area contributed by atoms with E-state index in [1.165, 1.54) is 18.4 Å². The Morgan fingerprint density at radius 2 is 1.59 bits per heavy atom. The standard InChI is InChI=1S/C15H25NO/c1-5-13(6-2)11(3)16-12(4)14-7-9-15(17)10-8-14/h7-13,16-17H,5-6H2,1-4H3. The van der Waals surface area contributed by atoms with E-state index >= 15 is 0 Å². The predicted molar refractivity (Wildman–Crippen MR) is 73.2 cm³/mol. The highest BCUT2D eigenvalue weighted by Gasteiger charge is 2.16. The van der Waals surface area contributed by atoms with Gasteiger partial charge in [0, 0.05) is 12.1 Å². The van der Waals surface area contributed by atoms with Crippen LogP contribution in [0.15, 0.2) is 24.3 Å². The van der Waals surface area contributed by atoms with Crippen LogP contribution in [0.3, 0.4) is 0 Å². The third kappa shape index (κ3) is 4.04. The van der Waals surface area contributed by atoms with Crippen molar-refractivity contribution in [2.24, 2.45) is 5.92 Å². The smallest absolute Gasteiger partial charge is 0.115 e. The van der Waals surface area contributed by atoms with Gasteiger partial charge in [0.15, 0.2) is 0 Å². The van der Waals surface area contributed by atoms with Crippen molar-refractivity contribution in [2.75, 3.05) is 0 Å². The molecule has 2 nitrogen and oxygen atoms in total. The molecule has 96 valence electrons. The summed E-state index contributed by atoms with van der Waals surface area (Å²) < 4.78 is 0. The summed E-state index contributed by atoms with van der Waals surface area (Å²) in [5.74, 6) is 1.06. The SMILES string of the molecule is CCC(CC)C(C)NC(C)c1ccc(O)cc1. The lowest BCUT2D eigenvalue weighted by Gasteiger charge is -2.26. The third-order valence-corrected chi connectivity index (χ3v) is 3.66. The van der Waals surface area contributed by atoms with Crippen molar-refractivity contribution < 1.29 is 5.11 Å². The first kappa shape index (κ1) is 14.0. The molecule has 0 bridgehead atoms. The average molecular weight is 235 g/mol. The van der Waals surface area contributed by atoms with Crippen LogP contribution in [-0.4, -0.2) is 11.1 Å². The Morgan fingerprint density at radius 1 is 1.06 bits per heavy atom. The molecule has 0 spiro atoms. The van der Waals surface area contributed by atoms with E-state index in [9.17, 15) is 5.11 Å². The van der Waals surface area contributed by atoms with Crippen LogP contribution in [0, 0.1) is 5.92 Å². The molecule has 0 aromatic heterocycles. The average Bonchev–Trinajstić information content (AvgIpc) is 2.31. The van der Waals surface area contributed by atoms with Crippen LogP contribution in [0.25, 0.3) is 0 Å². The van der Waals surface area contributed by atoms with Gasteiger partial charge < -0.3 is 10.4 Å². The zero-order valence-electron chi connectivity index (χ0n) is 11.4. The maximum Gasteiger partial charge on any atom is 0.115 e. The van der Waals surface area contributed by atoms with Crippen molar-refractivity contribution in [3.8, 4) is 5.75 Å². The number of aromatic hydroxyl groups is 1. The van der Waals surface area contributed by atoms with Gasteiger partial charge in [-0.2, -0.15) is 0 Å². The fourth-order valence-corrected chi connectivity index (χ4v) is 2.39. The third-order valence-electron chi connectivity index (χ3n) is 3.66. The Bertz CT molecular complexity index is 316. The minimum Gasteiger partial charge on any atom is -0.508 e. The van der Waals surface area contributed by atoms with Gasteiger partial charge in [0.25, 0.3) is 0 Å². The summed E-state index contributed by atoms with van der Waals surface area (Å²) in [6.07, 6.45) is 2.43. The molecule has 1 aromatic rings. The number of nitrogens with one attached hydrogen (secondary N) is 1. The zero-order chi connectivity index (χ0) is 12.8. The lowest BCUT2D eigenvalue weighted by molar-refractivity contribution is 0.330. The summed E-state index contributed by atoms with van der Waals surface area (Å²) in [5, 5.41) is 12.9. The first-order chi connectivity index (χ1) is 8.08. The largest absolute Gasteiger partial charge is 0.508 e. The van der Waals surface area contributed by atoms with Crippen LogP contribution in [0.1, 0.15) is 52.1 Å². The topological polar surface area (TPSA) is 32.3 Å². The van der Waals surface area contributed by atoms with Crippen molar-refractivity contribution in [1.29, 1.82) is 0 Å². The molecule has 0 aliphatic carbocycles. The van der Waals surface area contributed by atoms with Gasteiger partial charge in [-0.1, -0.05) is 38.8 Å². The van der Waals surface area contributed by atoms with Crippen molar-refractivity contribution in [3.05, 3.63) is 29.8 Å². The van der Waals surface area contributed by atoms with E-state index in [-0.39, 0.29) is 0 Å². The van der Waals surface area contributed by atoms with Gasteiger partial charge in [0.2, 0.25) is 0 Å². The molecule has 0 heterocycles. The van der Waals surface area contributed by atoms with Crippen LogP contribution >= 0.6 is 0 Å². The van der Waals surface area contributed by atoms with Crippen LogP contribution in [0.4, 0.5) is 0 Å². The number of phenolic OH excluding ortho intramolecular Hbond substituents is 1. The molecule has 0 saturated heterocycles. The molecule has 0 amide bonds. The molecular weight excluding hydrogens is 210 g/mol. The number of hydrogen-bond donors (Lipinski definition) is 2. The van der Waals surface area contributed by atoms with Gasteiger partial charge in [-0.05, 0) is 37.5 Å². The molecule has 1 aromatic carbocycles. The molecule has 2 atom stereocenters. The van der Waals surface area contributed by atoms with Crippen molar-refractivity contribution in [3.63, 3.8) is 0 Å². The Kier molecular flexibility index (Phi) is 5.49. The van der Waals surface area contributed by atoms with Gasteiger partial charge in [0.05, 0.1) is 0 Å². The predicted octanol–water partition coefficient (Wildman–Crippen LogP) is 3.87. The van der Waals surface area contributed by atoms with Gasteiger partial charge in [-0.15, -0.1) is 0 Å². The van der Waals surface area contributed by atoms with Crippen LogP contribution < -0.4 is 5.32 Å². The van der Waals surface area contributed by atoms with Crippen molar-refractivity contribution in [2.45, 2.75) is 52.6 Å². The van der Waals surface area contributed by atoms with E-state index in [4.69, 9.17) is 0 Å². The maximum atomic E-state index is 9.26. The highest BCUT2D eigenvalue weighted by atomic mass is 16.3. The van der Waals surface area contributed by atoms with Gasteiger partial charge in [0.1, 0.15) is 5.75 Å². The first-order valence-corrected chi connectivity index (χ1v) is 6.63. The minimum absolute atomic E-state index is 0.325. The molecule has 0 radical (unpaired) electrons. The number of rotatable bonds is 6. The van der Waals surface area contributed by atoms with Gasteiger partial charge in [-0.25, -0.2) is 0 Å². The molecule has 2 heteroatoms. The minimum atomic E-state index is 0.325. The summed E-state index contributed by atoms with van der Waals surface area (Å²) in [5.41, 5.74) is 1.22. The first-order valence-electron chi connectivity index (χ1n) is 6.63. The Balaban J connectivity index is 2.59. The van der Waals surface area contributed by atoms with E-state index in [1.54, 1.807) is 12.1 Å². The molecule has 0 saturated carbocycles. The second-order valence-corrected chi connectivity index (χ2v) is 4.85. The summed E-state index contributed by atoms with van der Waals surface area (Å²) in [7, 11) is 0. The molecular formula is C15H25NO. The molecule has 0 fully saturated rings. The van der Waals surface area contributed by atoms with Gasteiger partial charge in [-0.3, -0.25) is 0 Å². The summed E-state index contributed by atoms with van der Waals surface area (Å²) in [6, 6.07) is 8.30. The van der Waals surface area contributed by atoms with Crippen molar-refractivity contribution in [1.82, 2.24) is 5.32 Å². The fraction of sp³-hybridized carbons (Fsp3) is 0.600. The van der Waals surface area contributed by atoms with E-state index in [0.29, 0.717) is 17.8 Å². The Morgan fingerprint density at radius 3 is 2.06 bits per heavy atom. The fourth-order valence-electron chi connectivity index (χ4n) is 2.39. The van der Waals surface area contributed by atoms with Crippen molar-refractivity contribution >= 4 is 0 Å². The maximum absolute atomic E-state index is 9.26.